The van der Waals surface area contributed by atoms with Crippen LogP contribution in [0, 0.1) is 0 Å². The van der Waals surface area contributed by atoms with E-state index in [1.54, 1.807) is 0 Å². The molecule has 1 aromatic heterocycles. The third-order valence-electron chi connectivity index (χ3n) is 2.65. The van der Waals surface area contributed by atoms with Gasteiger partial charge in [0.1, 0.15) is 5.69 Å². The molecule has 3 rings (SSSR count). The summed E-state index contributed by atoms with van der Waals surface area (Å²) in [6.45, 7) is 0. The molecule has 0 bridgehead atoms. The maximum absolute atomic E-state index is 5.82. The molecule has 0 radical (unpaired) electrons. The number of hydrogen-bond acceptors (Lipinski definition) is 6. The van der Waals surface area contributed by atoms with Gasteiger partial charge in [-0.05, 0) is 5.56 Å². The number of hydrogen-bond donors (Lipinski definition) is 4. The van der Waals surface area contributed by atoms with Crippen molar-refractivity contribution >= 4 is 29.0 Å². The largest absolute Gasteiger partial charge is 0.382 e. The van der Waals surface area contributed by atoms with E-state index in [0.29, 0.717) is 17.3 Å². The summed E-state index contributed by atoms with van der Waals surface area (Å²) in [5.41, 5.74) is 14.0. The van der Waals surface area contributed by atoms with Crippen molar-refractivity contribution in [2.45, 2.75) is 0 Å². The summed E-state index contributed by atoms with van der Waals surface area (Å²) < 4.78 is 0. The molecule has 0 spiro atoms. The van der Waals surface area contributed by atoms with Gasteiger partial charge in [-0.15, -0.1) is 0 Å². The Morgan fingerprint density at radius 1 is 1.00 bits per heavy atom. The fraction of sp³-hybridized carbons (Fsp3) is 0. The summed E-state index contributed by atoms with van der Waals surface area (Å²) in [6.07, 6.45) is 1.82. The van der Waals surface area contributed by atoms with Crippen LogP contribution < -0.4 is 22.1 Å². The van der Waals surface area contributed by atoms with Crippen molar-refractivity contribution in [2.24, 2.45) is 0 Å². The fourth-order valence-corrected chi connectivity index (χ4v) is 1.81. The number of nitrogen functional groups attached to an aromatic ring is 2. The van der Waals surface area contributed by atoms with Crippen molar-refractivity contribution in [1.82, 2.24) is 9.97 Å². The fourth-order valence-electron chi connectivity index (χ4n) is 1.81. The smallest absolute Gasteiger partial charge is 0.224 e. The average molecular weight is 240 g/mol. The molecule has 90 valence electrons. The lowest BCUT2D eigenvalue weighted by Crippen LogP contribution is -2.14. The van der Waals surface area contributed by atoms with Crippen molar-refractivity contribution in [3.63, 3.8) is 0 Å². The van der Waals surface area contributed by atoms with Gasteiger partial charge in [-0.25, -0.2) is 0 Å². The second-order valence-corrected chi connectivity index (χ2v) is 3.88. The molecule has 0 aliphatic carbocycles. The zero-order chi connectivity index (χ0) is 12.5. The van der Waals surface area contributed by atoms with Gasteiger partial charge < -0.3 is 22.1 Å². The Morgan fingerprint density at radius 2 is 1.78 bits per heavy atom. The van der Waals surface area contributed by atoms with Crippen LogP contribution in [0.1, 0.15) is 5.56 Å². The van der Waals surface area contributed by atoms with Gasteiger partial charge in [0.2, 0.25) is 5.95 Å². The van der Waals surface area contributed by atoms with Crippen LogP contribution in [0.4, 0.5) is 23.3 Å². The molecule has 6 nitrogen and oxygen atoms in total. The van der Waals surface area contributed by atoms with Gasteiger partial charge in [0.05, 0.1) is 5.70 Å². The number of nitrogens with zero attached hydrogens (tertiary/aromatic N) is 2. The van der Waals surface area contributed by atoms with Crippen LogP contribution in [-0.2, 0) is 0 Å². The Balaban J connectivity index is 2.00. The molecule has 1 aliphatic rings. The van der Waals surface area contributed by atoms with E-state index in [4.69, 9.17) is 11.5 Å². The highest BCUT2D eigenvalue weighted by molar-refractivity contribution is 5.91. The van der Waals surface area contributed by atoms with Crippen molar-refractivity contribution in [2.75, 3.05) is 22.1 Å². The second-order valence-electron chi connectivity index (χ2n) is 3.88. The highest BCUT2D eigenvalue weighted by atomic mass is 15.2. The first-order valence-electron chi connectivity index (χ1n) is 5.46. The first kappa shape index (κ1) is 10.4. The zero-order valence-corrected chi connectivity index (χ0v) is 9.51. The van der Waals surface area contributed by atoms with Crippen LogP contribution in [-0.4, -0.2) is 9.97 Å². The molecule has 0 fully saturated rings. The Hall–Kier alpha value is -2.76. The molecular weight excluding hydrogens is 228 g/mol. The van der Waals surface area contributed by atoms with Gasteiger partial charge in [0, 0.05) is 6.20 Å². The maximum atomic E-state index is 5.82. The molecule has 0 amide bonds. The maximum Gasteiger partial charge on any atom is 0.224 e. The van der Waals surface area contributed by atoms with Crippen molar-refractivity contribution in [1.29, 1.82) is 0 Å². The Labute approximate surface area is 104 Å². The normalized spacial score (nSPS) is 13.0. The predicted octanol–water partition coefficient (Wildman–Crippen LogP) is 1.48. The monoisotopic (exact) mass is 240 g/mol. The van der Waals surface area contributed by atoms with Crippen LogP contribution in [0.5, 0.6) is 0 Å². The average Bonchev–Trinajstić information content (AvgIpc) is 2.39. The van der Waals surface area contributed by atoms with Gasteiger partial charge in [-0.3, -0.25) is 0 Å². The molecule has 0 saturated heterocycles. The van der Waals surface area contributed by atoms with Crippen LogP contribution >= 0.6 is 0 Å². The minimum atomic E-state index is 0.150. The molecule has 2 aromatic rings. The third-order valence-corrected chi connectivity index (χ3v) is 2.65. The van der Waals surface area contributed by atoms with E-state index >= 15 is 0 Å². The SMILES string of the molecule is Nc1nc(N)c2c(n1)NC=C(c1ccccc1)N2. The van der Waals surface area contributed by atoms with Gasteiger partial charge in [-0.1, -0.05) is 30.3 Å². The minimum Gasteiger partial charge on any atom is -0.382 e. The first-order chi connectivity index (χ1) is 8.74. The van der Waals surface area contributed by atoms with Gasteiger partial charge >= 0.3 is 0 Å². The van der Waals surface area contributed by atoms with E-state index < -0.39 is 0 Å². The zero-order valence-electron chi connectivity index (χ0n) is 9.51. The third kappa shape index (κ3) is 1.69. The molecular formula is C12H12N6. The summed E-state index contributed by atoms with van der Waals surface area (Å²) in [7, 11) is 0. The summed E-state index contributed by atoms with van der Waals surface area (Å²) in [4.78, 5) is 8.00. The molecule has 0 saturated carbocycles. The van der Waals surface area contributed by atoms with Crippen LogP contribution in [0.2, 0.25) is 0 Å². The number of benzene rings is 1. The molecule has 6 heteroatoms. The van der Waals surface area contributed by atoms with Crippen LogP contribution in [0.25, 0.3) is 5.70 Å². The predicted molar refractivity (Wildman–Crippen MR) is 72.5 cm³/mol. The lowest BCUT2D eigenvalue weighted by Gasteiger charge is -2.20. The number of anilines is 4. The highest BCUT2D eigenvalue weighted by Gasteiger charge is 2.16. The van der Waals surface area contributed by atoms with E-state index in [1.165, 1.54) is 0 Å². The lowest BCUT2D eigenvalue weighted by atomic mass is 10.1. The van der Waals surface area contributed by atoms with E-state index in [-0.39, 0.29) is 5.95 Å². The summed E-state index contributed by atoms with van der Waals surface area (Å²) in [5, 5.41) is 6.26. The lowest BCUT2D eigenvalue weighted by molar-refractivity contribution is 1.18. The second kappa shape index (κ2) is 3.92. The van der Waals surface area contributed by atoms with E-state index in [2.05, 4.69) is 20.6 Å². The van der Waals surface area contributed by atoms with Gasteiger partial charge in [-0.2, -0.15) is 9.97 Å². The molecule has 2 heterocycles. The minimum absolute atomic E-state index is 0.150. The van der Waals surface area contributed by atoms with Crippen LogP contribution in [0.15, 0.2) is 36.5 Å². The molecule has 0 atom stereocenters. The summed E-state index contributed by atoms with van der Waals surface area (Å²) in [5.74, 6) is 1.06. The van der Waals surface area contributed by atoms with Crippen molar-refractivity contribution in [3.05, 3.63) is 42.1 Å². The number of fused-ring (bicyclic) bond motifs is 1. The number of nitrogens with two attached hydrogens (primary N) is 2. The molecule has 0 unspecified atom stereocenters. The van der Waals surface area contributed by atoms with Crippen molar-refractivity contribution in [3.8, 4) is 0 Å². The standard InChI is InChI=1S/C12H12N6/c13-10-9-11(18-12(14)17-10)15-6-8(16-9)7-4-2-1-3-5-7/h1-6,16H,(H5,13,14,15,17,18). The number of rotatable bonds is 1. The Kier molecular flexibility index (Phi) is 2.26. The Morgan fingerprint density at radius 3 is 2.56 bits per heavy atom. The quantitative estimate of drug-likeness (QED) is 0.602. The molecule has 18 heavy (non-hydrogen) atoms. The topological polar surface area (TPSA) is 102 Å². The highest BCUT2D eigenvalue weighted by Crippen LogP contribution is 2.32. The van der Waals surface area contributed by atoms with Crippen molar-refractivity contribution < 1.29 is 0 Å². The van der Waals surface area contributed by atoms with E-state index in [0.717, 1.165) is 11.3 Å². The van der Waals surface area contributed by atoms with Gasteiger partial charge in [0.15, 0.2) is 11.6 Å². The van der Waals surface area contributed by atoms with Crippen LogP contribution in [0.3, 0.4) is 0 Å². The van der Waals surface area contributed by atoms with E-state index in [1.807, 2.05) is 36.5 Å². The Bertz CT molecular complexity index is 620. The molecule has 1 aromatic carbocycles. The summed E-state index contributed by atoms with van der Waals surface area (Å²) in [6, 6.07) is 9.90. The van der Waals surface area contributed by atoms with E-state index in [9.17, 15) is 0 Å². The number of nitrogens with one attached hydrogen (secondary N) is 2. The molecule has 6 N–H and O–H groups in total. The first-order valence-corrected chi connectivity index (χ1v) is 5.46. The summed E-state index contributed by atoms with van der Waals surface area (Å²) >= 11 is 0. The van der Waals surface area contributed by atoms with Gasteiger partial charge in [0.25, 0.3) is 0 Å². The molecule has 1 aliphatic heterocycles. The number of aromatic nitrogens is 2.